The van der Waals surface area contributed by atoms with Gasteiger partial charge < -0.3 is 25.7 Å². The van der Waals surface area contributed by atoms with E-state index in [0.29, 0.717) is 16.0 Å². The fourth-order valence-corrected chi connectivity index (χ4v) is 3.86. The lowest BCUT2D eigenvalue weighted by Gasteiger charge is -2.11. The maximum absolute atomic E-state index is 13.0. The van der Waals surface area contributed by atoms with Gasteiger partial charge in [-0.2, -0.15) is 0 Å². The first-order valence-electron chi connectivity index (χ1n) is 9.82. The van der Waals surface area contributed by atoms with Crippen molar-refractivity contribution >= 4 is 51.3 Å². The summed E-state index contributed by atoms with van der Waals surface area (Å²) in [6.07, 6.45) is -0.841. The number of anilines is 2. The van der Waals surface area contributed by atoms with E-state index in [-0.39, 0.29) is 35.2 Å². The molecule has 0 spiro atoms. The lowest BCUT2D eigenvalue weighted by Crippen LogP contribution is -2.22. The third-order valence-corrected chi connectivity index (χ3v) is 5.61. The molecular formula is C24H20Cl2N2O4. The molecule has 0 amide bonds. The van der Waals surface area contributed by atoms with Gasteiger partial charge in [-0.1, -0.05) is 41.4 Å². The van der Waals surface area contributed by atoms with E-state index in [9.17, 15) is 9.90 Å². The molecule has 4 aromatic rings. The lowest BCUT2D eigenvalue weighted by molar-refractivity contribution is 0.101. The molecule has 0 bridgehead atoms. The highest BCUT2D eigenvalue weighted by Gasteiger charge is 2.22. The molecule has 1 atom stereocenters. The van der Waals surface area contributed by atoms with Gasteiger partial charge in [-0.05, 0) is 53.6 Å². The van der Waals surface area contributed by atoms with Crippen LogP contribution in [-0.2, 0) is 0 Å². The average Bonchev–Trinajstić information content (AvgIpc) is 3.13. The number of furan rings is 1. The van der Waals surface area contributed by atoms with Crippen LogP contribution in [0.5, 0.6) is 0 Å². The molecule has 5 N–H and O–H groups in total. The Balaban J connectivity index is 1.66. The summed E-state index contributed by atoms with van der Waals surface area (Å²) >= 11 is 12.1. The van der Waals surface area contributed by atoms with Crippen molar-refractivity contribution in [2.75, 3.05) is 24.2 Å². The number of carbonyl (C=O) groups is 1. The quantitative estimate of drug-likeness (QED) is 0.283. The summed E-state index contributed by atoms with van der Waals surface area (Å²) in [5.74, 6) is -0.398. The second-order valence-electron chi connectivity index (χ2n) is 7.31. The van der Waals surface area contributed by atoms with Crippen molar-refractivity contribution in [2.24, 2.45) is 0 Å². The third kappa shape index (κ3) is 4.45. The highest BCUT2D eigenvalue weighted by atomic mass is 35.5. The van der Waals surface area contributed by atoms with Crippen LogP contribution in [0.2, 0.25) is 10.0 Å². The van der Waals surface area contributed by atoms with Gasteiger partial charge in [-0.3, -0.25) is 4.79 Å². The van der Waals surface area contributed by atoms with Gasteiger partial charge in [0.25, 0.3) is 0 Å². The molecular weight excluding hydrogens is 451 g/mol. The fraction of sp³-hybridized carbons (Fsp3) is 0.125. The molecule has 0 unspecified atom stereocenters. The second-order valence-corrected chi connectivity index (χ2v) is 8.15. The van der Waals surface area contributed by atoms with Crippen LogP contribution >= 0.6 is 23.2 Å². The molecule has 32 heavy (non-hydrogen) atoms. The zero-order valence-corrected chi connectivity index (χ0v) is 18.3. The Bertz CT molecular complexity index is 1300. The number of fused-ring (bicyclic) bond motifs is 1. The number of carbonyl (C=O) groups excluding carboxylic acids is 1. The Hall–Kier alpha value is -3.03. The molecule has 0 aliphatic carbocycles. The minimum atomic E-state index is -0.841. The molecule has 1 aromatic heterocycles. The molecule has 0 saturated carbocycles. The largest absolute Gasteiger partial charge is 0.450 e. The van der Waals surface area contributed by atoms with Crippen LogP contribution in [0.15, 0.2) is 65.1 Å². The van der Waals surface area contributed by atoms with E-state index in [4.69, 9.17) is 38.5 Å². The zero-order chi connectivity index (χ0) is 22.8. The number of hydrogen-bond acceptors (Lipinski definition) is 6. The molecule has 4 rings (SSSR count). The Kier molecular flexibility index (Phi) is 6.39. The van der Waals surface area contributed by atoms with Crippen molar-refractivity contribution in [3.8, 4) is 11.1 Å². The standard InChI is InChI=1S/C24H20Cl2N2O4/c25-15-5-7-18(20(26)10-15)23(31)24-22(27)19-6-4-14(9-21(19)32-24)13-2-1-3-16(8-13)28-11-17(30)12-29/h1-10,17,28-30H,11-12,27H2/t17-/m0/s1. The molecule has 164 valence electrons. The number of hydrogen-bond donors (Lipinski definition) is 4. The number of nitrogens with one attached hydrogen (secondary N) is 1. The highest BCUT2D eigenvalue weighted by Crippen LogP contribution is 2.35. The number of rotatable bonds is 7. The topological polar surface area (TPSA) is 109 Å². The smallest absolute Gasteiger partial charge is 0.231 e. The summed E-state index contributed by atoms with van der Waals surface area (Å²) in [5.41, 5.74) is 9.75. The number of nitrogen functional groups attached to an aromatic ring is 1. The summed E-state index contributed by atoms with van der Waals surface area (Å²) < 4.78 is 5.84. The zero-order valence-electron chi connectivity index (χ0n) is 16.8. The highest BCUT2D eigenvalue weighted by molar-refractivity contribution is 6.37. The molecule has 1 heterocycles. The van der Waals surface area contributed by atoms with E-state index in [2.05, 4.69) is 5.32 Å². The number of ketones is 1. The van der Waals surface area contributed by atoms with Crippen molar-refractivity contribution < 1.29 is 19.4 Å². The average molecular weight is 471 g/mol. The maximum Gasteiger partial charge on any atom is 0.231 e. The van der Waals surface area contributed by atoms with Crippen molar-refractivity contribution in [3.63, 3.8) is 0 Å². The number of aliphatic hydroxyl groups excluding tert-OH is 2. The predicted octanol–water partition coefficient (Wildman–Crippen LogP) is 4.98. The van der Waals surface area contributed by atoms with Gasteiger partial charge in [0.15, 0.2) is 5.76 Å². The third-order valence-electron chi connectivity index (χ3n) is 5.06. The van der Waals surface area contributed by atoms with Crippen molar-refractivity contribution in [1.29, 1.82) is 0 Å². The molecule has 0 radical (unpaired) electrons. The van der Waals surface area contributed by atoms with E-state index < -0.39 is 11.9 Å². The molecule has 0 fully saturated rings. The van der Waals surface area contributed by atoms with Gasteiger partial charge in [0.1, 0.15) is 5.58 Å². The van der Waals surface area contributed by atoms with Crippen LogP contribution in [0.4, 0.5) is 11.4 Å². The maximum atomic E-state index is 13.0. The van der Waals surface area contributed by atoms with Crippen molar-refractivity contribution in [3.05, 3.63) is 82.0 Å². The summed E-state index contributed by atoms with van der Waals surface area (Å²) in [4.78, 5) is 13.0. The molecule has 8 heteroatoms. The number of halogens is 2. The van der Waals surface area contributed by atoms with Crippen LogP contribution in [-0.4, -0.2) is 35.3 Å². The van der Waals surface area contributed by atoms with Crippen molar-refractivity contribution in [2.45, 2.75) is 6.10 Å². The monoisotopic (exact) mass is 470 g/mol. The van der Waals surface area contributed by atoms with Crippen LogP contribution in [0.1, 0.15) is 16.1 Å². The molecule has 0 saturated heterocycles. The molecule has 0 aliphatic heterocycles. The van der Waals surface area contributed by atoms with E-state index in [0.717, 1.165) is 16.8 Å². The van der Waals surface area contributed by atoms with Crippen molar-refractivity contribution in [1.82, 2.24) is 0 Å². The van der Waals surface area contributed by atoms with E-state index in [1.807, 2.05) is 36.4 Å². The van der Waals surface area contributed by atoms with Gasteiger partial charge in [0.05, 0.1) is 23.4 Å². The summed E-state index contributed by atoms with van der Waals surface area (Å²) in [7, 11) is 0. The first-order chi connectivity index (χ1) is 15.4. The predicted molar refractivity (Wildman–Crippen MR) is 128 cm³/mol. The first kappa shape index (κ1) is 22.2. The van der Waals surface area contributed by atoms with Crippen LogP contribution in [0.3, 0.4) is 0 Å². The lowest BCUT2D eigenvalue weighted by atomic mass is 10.0. The number of aliphatic hydroxyl groups is 2. The van der Waals surface area contributed by atoms with E-state index >= 15 is 0 Å². The van der Waals surface area contributed by atoms with Gasteiger partial charge in [-0.15, -0.1) is 0 Å². The normalized spacial score (nSPS) is 12.1. The summed E-state index contributed by atoms with van der Waals surface area (Å²) in [5, 5.41) is 22.8. The van der Waals surface area contributed by atoms with Crippen LogP contribution in [0, 0.1) is 0 Å². The Morgan fingerprint density at radius 3 is 2.59 bits per heavy atom. The van der Waals surface area contributed by atoms with Crippen LogP contribution in [0.25, 0.3) is 22.1 Å². The van der Waals surface area contributed by atoms with Gasteiger partial charge in [0, 0.05) is 28.2 Å². The number of benzene rings is 3. The number of nitrogens with two attached hydrogens (primary N) is 1. The first-order valence-corrected chi connectivity index (χ1v) is 10.6. The second kappa shape index (κ2) is 9.22. The molecule has 0 aliphatic rings. The SMILES string of the molecule is Nc1c(C(=O)c2ccc(Cl)cc2Cl)oc2cc(-c3cccc(NC[C@H](O)CO)c3)ccc12. The molecule has 6 nitrogen and oxygen atoms in total. The van der Waals surface area contributed by atoms with E-state index in [1.54, 1.807) is 12.1 Å². The minimum absolute atomic E-state index is 0.0229. The van der Waals surface area contributed by atoms with Gasteiger partial charge >= 0.3 is 0 Å². The minimum Gasteiger partial charge on any atom is -0.450 e. The van der Waals surface area contributed by atoms with Crippen LogP contribution < -0.4 is 11.1 Å². The van der Waals surface area contributed by atoms with Gasteiger partial charge in [-0.25, -0.2) is 0 Å². The summed E-state index contributed by atoms with van der Waals surface area (Å²) in [6.45, 7) is -0.0853. The molecule has 3 aromatic carbocycles. The Morgan fingerprint density at radius 2 is 1.84 bits per heavy atom. The summed E-state index contributed by atoms with van der Waals surface area (Å²) in [6, 6.07) is 17.7. The van der Waals surface area contributed by atoms with E-state index in [1.165, 1.54) is 12.1 Å². The Labute approximate surface area is 194 Å². The van der Waals surface area contributed by atoms with Gasteiger partial charge in [0.2, 0.25) is 5.78 Å². The Morgan fingerprint density at radius 1 is 1.06 bits per heavy atom. The fourth-order valence-electron chi connectivity index (χ4n) is 3.37.